The second-order valence-corrected chi connectivity index (χ2v) is 9.61. The minimum Gasteiger partial charge on any atom is -0.459 e. The first-order valence-corrected chi connectivity index (χ1v) is 11.3. The Labute approximate surface area is 195 Å². The van der Waals surface area contributed by atoms with Gasteiger partial charge in [-0.2, -0.15) is 0 Å². The molecule has 0 aromatic heterocycles. The van der Waals surface area contributed by atoms with Gasteiger partial charge in [0, 0.05) is 14.7 Å². The van der Waals surface area contributed by atoms with E-state index in [1.807, 2.05) is 36.4 Å². The molecule has 2 unspecified atom stereocenters. The number of benzene rings is 2. The van der Waals surface area contributed by atoms with Crippen LogP contribution in [0.25, 0.3) is 0 Å². The van der Waals surface area contributed by atoms with Crippen molar-refractivity contribution in [1.82, 2.24) is 0 Å². The summed E-state index contributed by atoms with van der Waals surface area (Å²) in [6, 6.07) is 14.8. The Hall–Kier alpha value is -0.950. The fraction of sp³-hybridized carbons (Fsp3) is 0.100. The minimum absolute atomic E-state index is 0.0885. The molecule has 5 rings (SSSR count). The molecule has 134 valence electrons. The fourth-order valence-electron chi connectivity index (χ4n) is 3.95. The molecule has 27 heavy (non-hydrogen) atoms. The average molecular weight is 694 g/mol. The summed E-state index contributed by atoms with van der Waals surface area (Å²) in [6.07, 6.45) is 0. The zero-order chi connectivity index (χ0) is 18.9. The highest BCUT2D eigenvalue weighted by atomic mass is 127. The summed E-state index contributed by atoms with van der Waals surface area (Å²) in [5, 5.41) is 0. The van der Waals surface area contributed by atoms with E-state index in [1.165, 1.54) is 0 Å². The van der Waals surface area contributed by atoms with Crippen molar-refractivity contribution in [2.24, 2.45) is 5.92 Å². The van der Waals surface area contributed by atoms with Crippen LogP contribution >= 0.6 is 67.8 Å². The van der Waals surface area contributed by atoms with Crippen LogP contribution in [0.4, 0.5) is 0 Å². The Morgan fingerprint density at radius 3 is 2.26 bits per heavy atom. The van der Waals surface area contributed by atoms with Crippen molar-refractivity contribution in [2.45, 2.75) is 5.60 Å². The van der Waals surface area contributed by atoms with Crippen LogP contribution in [0.1, 0.15) is 21.5 Å². The van der Waals surface area contributed by atoms with Gasteiger partial charge in [-0.05, 0) is 79.9 Å². The number of fused-ring (bicyclic) bond motifs is 6. The van der Waals surface area contributed by atoms with E-state index in [1.54, 1.807) is 12.1 Å². The lowest BCUT2D eigenvalue weighted by Gasteiger charge is -2.43. The molecule has 0 N–H and O–H groups in total. The molecule has 0 amide bonds. The second-order valence-electron chi connectivity index (χ2n) is 6.37. The first-order chi connectivity index (χ1) is 13.0. The van der Waals surface area contributed by atoms with Gasteiger partial charge in [-0.3, -0.25) is 4.79 Å². The maximum Gasteiger partial charge on any atom is 0.339 e. The Bertz CT molecular complexity index is 1120. The highest BCUT2D eigenvalue weighted by molar-refractivity contribution is 14.1. The number of rotatable bonds is 0. The number of carbonyl (C=O) groups is 2. The molecule has 0 fully saturated rings. The molecule has 0 saturated carbocycles. The van der Waals surface area contributed by atoms with Crippen molar-refractivity contribution >= 4 is 79.5 Å². The van der Waals surface area contributed by atoms with E-state index in [4.69, 9.17) is 9.47 Å². The molecule has 1 spiro atoms. The van der Waals surface area contributed by atoms with E-state index in [2.05, 4.69) is 67.8 Å². The average Bonchev–Trinajstić information content (AvgIpc) is 2.98. The normalized spacial score (nSPS) is 25.8. The van der Waals surface area contributed by atoms with E-state index in [0.717, 1.165) is 7.16 Å². The molecule has 2 aromatic rings. The quantitative estimate of drug-likeness (QED) is 0.274. The summed E-state index contributed by atoms with van der Waals surface area (Å²) >= 11 is 6.45. The summed E-state index contributed by atoms with van der Waals surface area (Å²) in [5.74, 6) is -0.0830. The highest BCUT2D eigenvalue weighted by Crippen LogP contribution is 2.59. The lowest BCUT2D eigenvalue weighted by Crippen LogP contribution is -2.48. The van der Waals surface area contributed by atoms with Crippen LogP contribution < -0.4 is 4.74 Å². The number of ether oxygens (including phenoxy) is 2. The number of Topliss-reactive ketones (excluding diaryl/α,β-unsaturated/α-hetero) is 1. The Morgan fingerprint density at radius 1 is 0.815 bits per heavy atom. The van der Waals surface area contributed by atoms with Crippen molar-refractivity contribution in [3.05, 3.63) is 81.7 Å². The SMILES string of the molecule is O=C1OC2(c3ccccc3OC3=C(I)C(I)=C(I)C(=O)C32)c2ccccc21. The molecule has 3 aliphatic rings. The van der Waals surface area contributed by atoms with Crippen LogP contribution in [-0.2, 0) is 15.1 Å². The highest BCUT2D eigenvalue weighted by Gasteiger charge is 2.62. The van der Waals surface area contributed by atoms with Crippen LogP contribution in [0.2, 0.25) is 0 Å². The molecule has 2 heterocycles. The van der Waals surface area contributed by atoms with Gasteiger partial charge in [0.2, 0.25) is 0 Å². The molecule has 2 atom stereocenters. The first-order valence-electron chi connectivity index (χ1n) is 8.06. The van der Waals surface area contributed by atoms with Gasteiger partial charge in [0.15, 0.2) is 11.4 Å². The summed E-state index contributed by atoms with van der Waals surface area (Å²) in [7, 11) is 0. The van der Waals surface area contributed by atoms with Crippen LogP contribution in [0, 0.1) is 5.92 Å². The van der Waals surface area contributed by atoms with Gasteiger partial charge in [0.05, 0.1) is 12.7 Å². The van der Waals surface area contributed by atoms with Gasteiger partial charge in [0.25, 0.3) is 0 Å². The zero-order valence-corrected chi connectivity index (χ0v) is 19.9. The number of allylic oxidation sites excluding steroid dienone is 3. The molecule has 2 aromatic carbocycles. The number of ketones is 1. The lowest BCUT2D eigenvalue weighted by atomic mass is 9.70. The number of hydrogen-bond acceptors (Lipinski definition) is 4. The number of carbonyl (C=O) groups excluding carboxylic acids is 2. The van der Waals surface area contributed by atoms with Crippen molar-refractivity contribution in [3.8, 4) is 5.75 Å². The molecule has 0 bridgehead atoms. The first kappa shape index (κ1) is 18.1. The van der Waals surface area contributed by atoms with E-state index in [-0.39, 0.29) is 5.78 Å². The van der Waals surface area contributed by atoms with Gasteiger partial charge in [-0.15, -0.1) is 0 Å². The molecule has 2 aliphatic heterocycles. The van der Waals surface area contributed by atoms with Crippen molar-refractivity contribution in [2.75, 3.05) is 0 Å². The van der Waals surface area contributed by atoms with E-state index in [0.29, 0.717) is 31.8 Å². The van der Waals surface area contributed by atoms with Crippen molar-refractivity contribution in [3.63, 3.8) is 0 Å². The second kappa shape index (κ2) is 6.28. The fourth-order valence-corrected chi connectivity index (χ4v) is 6.27. The van der Waals surface area contributed by atoms with Crippen LogP contribution in [0.15, 0.2) is 65.0 Å². The number of hydrogen-bond donors (Lipinski definition) is 0. The standard InChI is InChI=1S/C20H9I3O4/c21-14-15(22)17(24)13-18(16(14)23)26-12-8-4-3-7-11(12)20(13)10-6-2-1-5-9(10)19(25)27-20/h1-8,13H. The maximum absolute atomic E-state index is 13.4. The number of halogens is 3. The largest absolute Gasteiger partial charge is 0.459 e. The molecular formula is C20H9I3O4. The Morgan fingerprint density at radius 2 is 1.48 bits per heavy atom. The van der Waals surface area contributed by atoms with Gasteiger partial charge >= 0.3 is 5.97 Å². The molecular weight excluding hydrogens is 685 g/mol. The summed E-state index contributed by atoms with van der Waals surface area (Å²) in [6.45, 7) is 0. The third-order valence-corrected chi connectivity index (χ3v) is 10.3. The van der Waals surface area contributed by atoms with E-state index < -0.39 is 17.5 Å². The summed E-state index contributed by atoms with van der Waals surface area (Å²) in [4.78, 5) is 26.2. The monoisotopic (exact) mass is 694 g/mol. The van der Waals surface area contributed by atoms with Gasteiger partial charge in [-0.1, -0.05) is 36.4 Å². The van der Waals surface area contributed by atoms with E-state index >= 15 is 0 Å². The lowest BCUT2D eigenvalue weighted by molar-refractivity contribution is -0.126. The van der Waals surface area contributed by atoms with Crippen molar-refractivity contribution < 1.29 is 19.1 Å². The Kier molecular flexibility index (Phi) is 4.21. The van der Waals surface area contributed by atoms with Crippen LogP contribution in [0.3, 0.4) is 0 Å². The smallest absolute Gasteiger partial charge is 0.339 e. The zero-order valence-electron chi connectivity index (χ0n) is 13.5. The molecule has 4 nitrogen and oxygen atoms in total. The summed E-state index contributed by atoms with van der Waals surface area (Å²) < 4.78 is 14.6. The minimum atomic E-state index is -1.21. The van der Waals surface area contributed by atoms with Gasteiger partial charge < -0.3 is 9.47 Å². The van der Waals surface area contributed by atoms with Crippen LogP contribution in [0.5, 0.6) is 5.75 Å². The Balaban J connectivity index is 1.91. The summed E-state index contributed by atoms with van der Waals surface area (Å²) in [5.41, 5.74) is 0.706. The number of para-hydroxylation sites is 1. The molecule has 0 saturated heterocycles. The van der Waals surface area contributed by atoms with Gasteiger partial charge in [0.1, 0.15) is 17.4 Å². The maximum atomic E-state index is 13.4. The third kappa shape index (κ3) is 2.30. The van der Waals surface area contributed by atoms with Crippen LogP contribution in [-0.4, -0.2) is 11.8 Å². The third-order valence-electron chi connectivity index (χ3n) is 5.06. The molecule has 1 aliphatic carbocycles. The molecule has 0 radical (unpaired) electrons. The van der Waals surface area contributed by atoms with Crippen molar-refractivity contribution in [1.29, 1.82) is 0 Å². The predicted molar refractivity (Wildman–Crippen MR) is 124 cm³/mol. The van der Waals surface area contributed by atoms with E-state index in [9.17, 15) is 9.59 Å². The molecule has 7 heteroatoms. The predicted octanol–water partition coefficient (Wildman–Crippen LogP) is 5.42. The van der Waals surface area contributed by atoms with Gasteiger partial charge in [-0.25, -0.2) is 4.79 Å². The number of esters is 1. The topological polar surface area (TPSA) is 52.6 Å².